The van der Waals surface area contributed by atoms with E-state index >= 15 is 0 Å². The molecule has 3 rings (SSSR count). The number of hydrogen-bond acceptors (Lipinski definition) is 2. The monoisotopic (exact) mass is 256 g/mol. The standard InChI is InChI=1S/C17H24N2/c1-2-6-15(7-3-1)13-19-11-10-16(14-19)12-18-17-8-4-5-9-17/h1-3,6-7,10,17-18H,4-5,8-9,11-14H2. The number of nitrogens with one attached hydrogen (secondary N) is 1. The maximum Gasteiger partial charge on any atom is 0.0240 e. The summed E-state index contributed by atoms with van der Waals surface area (Å²) in [6.45, 7) is 4.41. The lowest BCUT2D eigenvalue weighted by molar-refractivity contribution is 0.338. The van der Waals surface area contributed by atoms with Crippen LogP contribution in [0.5, 0.6) is 0 Å². The third-order valence-corrected chi connectivity index (χ3v) is 4.29. The van der Waals surface area contributed by atoms with Crippen LogP contribution in [0.15, 0.2) is 42.0 Å². The van der Waals surface area contributed by atoms with Gasteiger partial charge < -0.3 is 5.32 Å². The van der Waals surface area contributed by atoms with Crippen LogP contribution >= 0.6 is 0 Å². The molecule has 0 spiro atoms. The second kappa shape index (κ2) is 6.36. The topological polar surface area (TPSA) is 15.3 Å². The van der Waals surface area contributed by atoms with Crippen LogP contribution in [0.1, 0.15) is 31.2 Å². The van der Waals surface area contributed by atoms with Gasteiger partial charge in [0.25, 0.3) is 0 Å². The van der Waals surface area contributed by atoms with Gasteiger partial charge in [-0.15, -0.1) is 0 Å². The number of rotatable bonds is 5. The van der Waals surface area contributed by atoms with Gasteiger partial charge in [-0.2, -0.15) is 0 Å². The molecule has 1 N–H and O–H groups in total. The Balaban J connectivity index is 1.41. The molecule has 0 amide bonds. The van der Waals surface area contributed by atoms with Crippen molar-refractivity contribution >= 4 is 0 Å². The molecule has 2 heteroatoms. The Morgan fingerprint density at radius 3 is 2.68 bits per heavy atom. The van der Waals surface area contributed by atoms with Crippen LogP contribution in [0.2, 0.25) is 0 Å². The van der Waals surface area contributed by atoms with E-state index in [0.717, 1.165) is 32.2 Å². The normalized spacial score (nSPS) is 20.9. The third kappa shape index (κ3) is 3.68. The largest absolute Gasteiger partial charge is 0.310 e. The summed E-state index contributed by atoms with van der Waals surface area (Å²) in [6, 6.07) is 11.6. The lowest BCUT2D eigenvalue weighted by Crippen LogP contribution is -2.29. The first kappa shape index (κ1) is 12.9. The molecule has 2 nitrogen and oxygen atoms in total. The van der Waals surface area contributed by atoms with Crippen LogP contribution in [0.4, 0.5) is 0 Å². The summed E-state index contributed by atoms with van der Waals surface area (Å²) in [5.74, 6) is 0. The summed E-state index contributed by atoms with van der Waals surface area (Å²) >= 11 is 0. The van der Waals surface area contributed by atoms with Gasteiger partial charge in [0.1, 0.15) is 0 Å². The van der Waals surface area contributed by atoms with Crippen molar-refractivity contribution in [3.63, 3.8) is 0 Å². The Morgan fingerprint density at radius 2 is 1.89 bits per heavy atom. The van der Waals surface area contributed by atoms with Crippen molar-refractivity contribution in [2.24, 2.45) is 0 Å². The van der Waals surface area contributed by atoms with E-state index in [4.69, 9.17) is 0 Å². The van der Waals surface area contributed by atoms with Crippen LogP contribution < -0.4 is 5.32 Å². The van der Waals surface area contributed by atoms with Crippen molar-refractivity contribution in [2.75, 3.05) is 19.6 Å². The lowest BCUT2D eigenvalue weighted by atomic mass is 10.2. The van der Waals surface area contributed by atoms with Crippen molar-refractivity contribution < 1.29 is 0 Å². The lowest BCUT2D eigenvalue weighted by Gasteiger charge is -2.17. The Bertz CT molecular complexity index is 418. The Labute approximate surface area is 116 Å². The summed E-state index contributed by atoms with van der Waals surface area (Å²) in [5.41, 5.74) is 2.99. The van der Waals surface area contributed by atoms with Crippen LogP contribution in [-0.2, 0) is 6.54 Å². The maximum absolute atomic E-state index is 3.71. The fourth-order valence-electron chi connectivity index (χ4n) is 3.17. The van der Waals surface area contributed by atoms with Crippen LogP contribution in [0.25, 0.3) is 0 Å². The fraction of sp³-hybridized carbons (Fsp3) is 0.529. The van der Waals surface area contributed by atoms with Crippen LogP contribution in [0.3, 0.4) is 0 Å². The molecule has 1 aromatic rings. The second-order valence-corrected chi connectivity index (χ2v) is 5.88. The van der Waals surface area contributed by atoms with E-state index < -0.39 is 0 Å². The average Bonchev–Trinajstić information content (AvgIpc) is 3.09. The third-order valence-electron chi connectivity index (χ3n) is 4.29. The smallest absolute Gasteiger partial charge is 0.0240 e. The van der Waals surface area contributed by atoms with Crippen LogP contribution in [0, 0.1) is 0 Å². The predicted octanol–water partition coefficient (Wildman–Crippen LogP) is 2.96. The molecule has 19 heavy (non-hydrogen) atoms. The van der Waals surface area contributed by atoms with E-state index in [1.54, 1.807) is 5.57 Å². The highest BCUT2D eigenvalue weighted by molar-refractivity contribution is 5.18. The second-order valence-electron chi connectivity index (χ2n) is 5.88. The van der Waals surface area contributed by atoms with Crippen molar-refractivity contribution in [3.8, 4) is 0 Å². The molecule has 0 atom stereocenters. The minimum absolute atomic E-state index is 0.782. The van der Waals surface area contributed by atoms with Gasteiger partial charge >= 0.3 is 0 Å². The van der Waals surface area contributed by atoms with Crippen molar-refractivity contribution in [1.82, 2.24) is 10.2 Å². The van der Waals surface area contributed by atoms with E-state index in [-0.39, 0.29) is 0 Å². The molecule has 1 fully saturated rings. The molecule has 102 valence electrons. The summed E-state index contributed by atoms with van der Waals surface area (Å²) in [4.78, 5) is 2.51. The first-order valence-corrected chi connectivity index (χ1v) is 7.58. The van der Waals surface area contributed by atoms with Crippen LogP contribution in [-0.4, -0.2) is 30.6 Å². The van der Waals surface area contributed by atoms with E-state index in [1.807, 2.05) is 0 Å². The number of benzene rings is 1. The zero-order valence-corrected chi connectivity index (χ0v) is 11.6. The highest BCUT2D eigenvalue weighted by atomic mass is 15.1. The molecule has 0 bridgehead atoms. The predicted molar refractivity (Wildman–Crippen MR) is 80.1 cm³/mol. The molecule has 2 aliphatic rings. The van der Waals surface area contributed by atoms with Gasteiger partial charge in [0.2, 0.25) is 0 Å². The minimum Gasteiger partial charge on any atom is -0.310 e. The van der Waals surface area contributed by atoms with Crippen molar-refractivity contribution in [1.29, 1.82) is 0 Å². The first-order chi connectivity index (χ1) is 9.40. The zero-order chi connectivity index (χ0) is 12.9. The summed E-state index contributed by atoms with van der Waals surface area (Å²) in [7, 11) is 0. The van der Waals surface area contributed by atoms with E-state index in [1.165, 1.54) is 31.2 Å². The summed E-state index contributed by atoms with van der Waals surface area (Å²) in [5, 5.41) is 3.71. The minimum atomic E-state index is 0.782. The van der Waals surface area contributed by atoms with E-state index in [0.29, 0.717) is 0 Å². The number of nitrogens with zero attached hydrogens (tertiary/aromatic N) is 1. The SMILES string of the molecule is C1=C(CNC2CCCC2)CN(Cc2ccccc2)C1. The van der Waals surface area contributed by atoms with E-state index in [9.17, 15) is 0 Å². The van der Waals surface area contributed by atoms with Crippen molar-refractivity contribution in [3.05, 3.63) is 47.5 Å². The Hall–Kier alpha value is -1.12. The highest BCUT2D eigenvalue weighted by Gasteiger charge is 2.17. The summed E-state index contributed by atoms with van der Waals surface area (Å²) in [6.07, 6.45) is 7.99. The Morgan fingerprint density at radius 1 is 1.11 bits per heavy atom. The quantitative estimate of drug-likeness (QED) is 0.815. The first-order valence-electron chi connectivity index (χ1n) is 7.58. The molecule has 1 saturated carbocycles. The molecule has 1 aromatic carbocycles. The van der Waals surface area contributed by atoms with Gasteiger partial charge in [0.05, 0.1) is 0 Å². The van der Waals surface area contributed by atoms with E-state index in [2.05, 4.69) is 46.6 Å². The van der Waals surface area contributed by atoms with Gasteiger partial charge in [0.15, 0.2) is 0 Å². The Kier molecular flexibility index (Phi) is 4.31. The maximum atomic E-state index is 3.71. The molecule has 0 radical (unpaired) electrons. The molecular weight excluding hydrogens is 232 g/mol. The molecule has 1 heterocycles. The van der Waals surface area contributed by atoms with Crippen molar-refractivity contribution in [2.45, 2.75) is 38.3 Å². The van der Waals surface area contributed by atoms with Gasteiger partial charge in [-0.05, 0) is 24.0 Å². The molecule has 0 unspecified atom stereocenters. The van der Waals surface area contributed by atoms with Gasteiger partial charge in [-0.3, -0.25) is 4.90 Å². The molecule has 1 aliphatic heterocycles. The molecular formula is C17H24N2. The molecule has 0 aromatic heterocycles. The van der Waals surface area contributed by atoms with Gasteiger partial charge in [0, 0.05) is 32.2 Å². The zero-order valence-electron chi connectivity index (χ0n) is 11.6. The van der Waals surface area contributed by atoms with Gasteiger partial charge in [-0.25, -0.2) is 0 Å². The highest BCUT2D eigenvalue weighted by Crippen LogP contribution is 2.18. The average molecular weight is 256 g/mol. The molecule has 0 saturated heterocycles. The molecule has 1 aliphatic carbocycles. The fourth-order valence-corrected chi connectivity index (χ4v) is 3.17. The summed E-state index contributed by atoms with van der Waals surface area (Å²) < 4.78 is 0. The number of hydrogen-bond donors (Lipinski definition) is 1. The van der Waals surface area contributed by atoms with Gasteiger partial charge in [-0.1, -0.05) is 49.2 Å².